The highest BCUT2D eigenvalue weighted by Gasteiger charge is 1.91. The first-order chi connectivity index (χ1) is 6.27. The van der Waals surface area contributed by atoms with Gasteiger partial charge in [0.05, 0.1) is 12.4 Å². The zero-order valence-corrected chi connectivity index (χ0v) is 8.64. The van der Waals surface area contributed by atoms with Gasteiger partial charge in [-0.25, -0.2) is 0 Å². The van der Waals surface area contributed by atoms with Gasteiger partial charge in [0.25, 0.3) is 0 Å². The first-order valence-corrected chi connectivity index (χ1v) is 5.18. The lowest BCUT2D eigenvalue weighted by Gasteiger charge is -2.02. The van der Waals surface area contributed by atoms with Crippen LogP contribution in [0, 0.1) is 5.41 Å². The first-order valence-electron chi connectivity index (χ1n) is 5.18. The molecule has 0 radical (unpaired) electrons. The number of hydrogen-bond donors (Lipinski definition) is 2. The summed E-state index contributed by atoms with van der Waals surface area (Å²) < 4.78 is 5.30. The summed E-state index contributed by atoms with van der Waals surface area (Å²) in [6.45, 7) is 3.63. The van der Waals surface area contributed by atoms with E-state index >= 15 is 0 Å². The van der Waals surface area contributed by atoms with Gasteiger partial charge >= 0.3 is 0 Å². The van der Waals surface area contributed by atoms with E-state index in [-0.39, 0.29) is 5.84 Å². The molecule has 0 aromatic carbocycles. The summed E-state index contributed by atoms with van der Waals surface area (Å²) in [5.41, 5.74) is 5.18. The molecule has 0 spiro atoms. The van der Waals surface area contributed by atoms with E-state index in [9.17, 15) is 0 Å². The summed E-state index contributed by atoms with van der Waals surface area (Å²) in [5, 5.41) is 6.96. The molecule has 0 aromatic rings. The number of ether oxygens (including phenoxy) is 1. The van der Waals surface area contributed by atoms with Crippen molar-refractivity contribution in [3.05, 3.63) is 0 Å². The third kappa shape index (κ3) is 11.4. The van der Waals surface area contributed by atoms with Crippen molar-refractivity contribution in [3.63, 3.8) is 0 Å². The van der Waals surface area contributed by atoms with Crippen LogP contribution in [0.3, 0.4) is 0 Å². The van der Waals surface area contributed by atoms with Crippen LogP contribution in [0.25, 0.3) is 0 Å². The second kappa shape index (κ2) is 9.52. The summed E-state index contributed by atoms with van der Waals surface area (Å²) >= 11 is 0. The molecule has 0 fully saturated rings. The van der Waals surface area contributed by atoms with E-state index in [1.54, 1.807) is 0 Å². The minimum absolute atomic E-state index is 0.214. The van der Waals surface area contributed by atoms with Crippen LogP contribution in [0.5, 0.6) is 0 Å². The lowest BCUT2D eigenvalue weighted by atomic mass is 10.2. The van der Waals surface area contributed by atoms with Crippen molar-refractivity contribution in [1.29, 1.82) is 5.41 Å². The predicted octanol–water partition coefficient (Wildman–Crippen LogP) is 2.30. The SMILES string of the molecule is CCCCCCCOCCC(=N)N. The Morgan fingerprint density at radius 2 is 1.85 bits per heavy atom. The molecule has 0 aromatic heterocycles. The highest BCUT2D eigenvalue weighted by atomic mass is 16.5. The lowest BCUT2D eigenvalue weighted by Crippen LogP contribution is -2.12. The Labute approximate surface area is 81.2 Å². The topological polar surface area (TPSA) is 59.1 Å². The number of unbranched alkanes of at least 4 members (excludes halogenated alkanes) is 4. The molecule has 0 aliphatic rings. The summed E-state index contributed by atoms with van der Waals surface area (Å²) in [5.74, 6) is 0.214. The van der Waals surface area contributed by atoms with E-state index in [0.29, 0.717) is 13.0 Å². The van der Waals surface area contributed by atoms with Crippen LogP contribution in [0.15, 0.2) is 0 Å². The Balaban J connectivity index is 2.87. The van der Waals surface area contributed by atoms with E-state index in [4.69, 9.17) is 15.9 Å². The summed E-state index contributed by atoms with van der Waals surface area (Å²) in [7, 11) is 0. The molecular formula is C10H22N2O. The van der Waals surface area contributed by atoms with Gasteiger partial charge in [-0.05, 0) is 6.42 Å². The highest BCUT2D eigenvalue weighted by Crippen LogP contribution is 2.02. The van der Waals surface area contributed by atoms with Gasteiger partial charge in [0.2, 0.25) is 0 Å². The van der Waals surface area contributed by atoms with Gasteiger partial charge in [0.1, 0.15) is 0 Å². The third-order valence-corrected chi connectivity index (χ3v) is 1.91. The van der Waals surface area contributed by atoms with Crippen LogP contribution in [0.4, 0.5) is 0 Å². The molecule has 0 rings (SSSR count). The second-order valence-corrected chi connectivity index (χ2v) is 3.30. The molecule has 0 heterocycles. The number of amidine groups is 1. The first kappa shape index (κ1) is 12.4. The summed E-state index contributed by atoms with van der Waals surface area (Å²) in [6, 6.07) is 0. The molecule has 0 atom stereocenters. The van der Waals surface area contributed by atoms with Crippen molar-refractivity contribution >= 4 is 5.84 Å². The summed E-state index contributed by atoms with van der Waals surface area (Å²) in [6.07, 6.45) is 6.88. The fourth-order valence-corrected chi connectivity index (χ4v) is 1.09. The Hall–Kier alpha value is -0.570. The van der Waals surface area contributed by atoms with Crippen molar-refractivity contribution < 1.29 is 4.74 Å². The van der Waals surface area contributed by atoms with Gasteiger partial charge in [-0.2, -0.15) is 0 Å². The molecule has 0 aliphatic heterocycles. The maximum absolute atomic E-state index is 6.96. The molecule has 3 heteroatoms. The minimum atomic E-state index is 0.214. The average Bonchev–Trinajstić information content (AvgIpc) is 2.09. The summed E-state index contributed by atoms with van der Waals surface area (Å²) in [4.78, 5) is 0. The van der Waals surface area contributed by atoms with Gasteiger partial charge < -0.3 is 10.5 Å². The van der Waals surface area contributed by atoms with Crippen LogP contribution in [-0.2, 0) is 4.74 Å². The monoisotopic (exact) mass is 186 g/mol. The molecule has 13 heavy (non-hydrogen) atoms. The van der Waals surface area contributed by atoms with Crippen LogP contribution in [0.1, 0.15) is 45.4 Å². The standard InChI is InChI=1S/C10H22N2O/c1-2-3-4-5-6-8-13-9-7-10(11)12/h2-9H2,1H3,(H3,11,12). The van der Waals surface area contributed by atoms with Gasteiger partial charge in [-0.15, -0.1) is 0 Å². The molecule has 0 saturated carbocycles. The molecule has 0 bridgehead atoms. The Morgan fingerprint density at radius 1 is 1.15 bits per heavy atom. The third-order valence-electron chi connectivity index (χ3n) is 1.91. The molecule has 0 saturated heterocycles. The molecule has 78 valence electrons. The number of hydrogen-bond acceptors (Lipinski definition) is 2. The Bertz CT molecular complexity index is 126. The van der Waals surface area contributed by atoms with E-state index in [2.05, 4.69) is 6.92 Å². The smallest absolute Gasteiger partial charge is 0.0928 e. The van der Waals surface area contributed by atoms with Crippen molar-refractivity contribution in [2.24, 2.45) is 5.73 Å². The fourth-order valence-electron chi connectivity index (χ4n) is 1.09. The van der Waals surface area contributed by atoms with Crippen molar-refractivity contribution in [2.75, 3.05) is 13.2 Å². The maximum atomic E-state index is 6.96. The highest BCUT2D eigenvalue weighted by molar-refractivity contribution is 5.76. The number of nitrogens with two attached hydrogens (primary N) is 1. The van der Waals surface area contributed by atoms with Crippen LogP contribution >= 0.6 is 0 Å². The van der Waals surface area contributed by atoms with E-state index in [1.165, 1.54) is 25.7 Å². The molecular weight excluding hydrogens is 164 g/mol. The number of nitrogens with one attached hydrogen (secondary N) is 1. The molecule has 0 unspecified atom stereocenters. The van der Waals surface area contributed by atoms with Gasteiger partial charge in [-0.3, -0.25) is 5.41 Å². The van der Waals surface area contributed by atoms with Crippen molar-refractivity contribution in [3.8, 4) is 0 Å². The second-order valence-electron chi connectivity index (χ2n) is 3.30. The fraction of sp³-hybridized carbons (Fsp3) is 0.900. The van der Waals surface area contributed by atoms with Crippen LogP contribution in [-0.4, -0.2) is 19.0 Å². The average molecular weight is 186 g/mol. The minimum Gasteiger partial charge on any atom is -0.388 e. The largest absolute Gasteiger partial charge is 0.388 e. The Kier molecular flexibility index (Phi) is 9.10. The lowest BCUT2D eigenvalue weighted by molar-refractivity contribution is 0.136. The Morgan fingerprint density at radius 3 is 2.46 bits per heavy atom. The normalized spacial score (nSPS) is 10.2. The van der Waals surface area contributed by atoms with Gasteiger partial charge in [0.15, 0.2) is 0 Å². The number of rotatable bonds is 9. The zero-order chi connectivity index (χ0) is 9.94. The maximum Gasteiger partial charge on any atom is 0.0928 e. The molecule has 3 N–H and O–H groups in total. The molecule has 3 nitrogen and oxygen atoms in total. The van der Waals surface area contributed by atoms with E-state index < -0.39 is 0 Å². The predicted molar refractivity (Wildman–Crippen MR) is 56.1 cm³/mol. The van der Waals surface area contributed by atoms with Crippen LogP contribution in [0.2, 0.25) is 0 Å². The quantitative estimate of drug-likeness (QED) is 0.330. The molecule has 0 aliphatic carbocycles. The van der Waals surface area contributed by atoms with Crippen molar-refractivity contribution in [1.82, 2.24) is 0 Å². The van der Waals surface area contributed by atoms with Gasteiger partial charge in [0, 0.05) is 13.0 Å². The van der Waals surface area contributed by atoms with Crippen LogP contribution < -0.4 is 5.73 Å². The van der Waals surface area contributed by atoms with E-state index in [1.807, 2.05) is 0 Å². The zero-order valence-electron chi connectivity index (χ0n) is 8.64. The van der Waals surface area contributed by atoms with Gasteiger partial charge in [-0.1, -0.05) is 32.6 Å². The van der Waals surface area contributed by atoms with Crippen molar-refractivity contribution in [2.45, 2.75) is 45.4 Å². The molecule has 0 amide bonds. The van der Waals surface area contributed by atoms with E-state index in [0.717, 1.165) is 13.0 Å².